The van der Waals surface area contributed by atoms with Gasteiger partial charge in [-0.2, -0.15) is 0 Å². The Morgan fingerprint density at radius 3 is 0.917 bits per heavy atom. The monoisotopic (exact) mass is 200 g/mol. The standard InChI is InChI=1S/C6H6.Na.H3O4P.H/c1-2-4-6-5-3-1;;1-5(2,3)4;/h1-6H;;(H3,1,2,3,4);. The van der Waals surface area contributed by atoms with Gasteiger partial charge in [-0.3, -0.25) is 0 Å². The Labute approximate surface area is 92.8 Å². The maximum Gasteiger partial charge on any atom is -0.0623 e. The first kappa shape index (κ1) is 14.8. The average molecular weight is 200 g/mol. The average Bonchev–Trinajstić information content (AvgIpc) is 1.88. The van der Waals surface area contributed by atoms with Gasteiger partial charge in [0.15, 0.2) is 0 Å². The quantitative estimate of drug-likeness (QED) is 0.410. The van der Waals surface area contributed by atoms with Gasteiger partial charge in [0.25, 0.3) is 0 Å². The van der Waals surface area contributed by atoms with E-state index in [1.54, 1.807) is 0 Å². The molecule has 12 heavy (non-hydrogen) atoms. The number of hydrogen-bond acceptors (Lipinski definition) is 1. The van der Waals surface area contributed by atoms with Crippen molar-refractivity contribution in [3.05, 3.63) is 36.4 Å². The SMILES string of the molecule is O=P(O)(O)O.[NaH].c1ccccc1. The topological polar surface area (TPSA) is 77.8 Å². The van der Waals surface area contributed by atoms with Crippen molar-refractivity contribution < 1.29 is 19.2 Å². The normalized spacial score (nSPS) is 8.92. The molecule has 0 aliphatic carbocycles. The minimum absolute atomic E-state index is 0. The van der Waals surface area contributed by atoms with E-state index in [1.807, 2.05) is 36.4 Å². The van der Waals surface area contributed by atoms with Gasteiger partial charge < -0.3 is 14.7 Å². The second kappa shape index (κ2) is 7.95. The van der Waals surface area contributed by atoms with E-state index in [1.165, 1.54) is 0 Å². The minimum Gasteiger partial charge on any atom is -0.0623 e. The van der Waals surface area contributed by atoms with Crippen molar-refractivity contribution in [2.45, 2.75) is 0 Å². The molecule has 0 aliphatic rings. The fraction of sp³-hybridized carbons (Fsp3) is 0. The second-order valence-corrected chi connectivity index (χ2v) is 2.69. The molecule has 64 valence electrons. The van der Waals surface area contributed by atoms with Gasteiger partial charge in [0.05, 0.1) is 0 Å². The summed E-state index contributed by atoms with van der Waals surface area (Å²) in [6.45, 7) is 0. The molecule has 0 heterocycles. The smallest absolute Gasteiger partial charge is 0.0623 e. The fourth-order valence-corrected chi connectivity index (χ4v) is 0.385. The van der Waals surface area contributed by atoms with Crippen molar-refractivity contribution in [2.75, 3.05) is 0 Å². The van der Waals surface area contributed by atoms with Gasteiger partial charge >= 0.3 is 37.4 Å². The number of rotatable bonds is 0. The zero-order chi connectivity index (χ0) is 8.74. The molecule has 0 saturated carbocycles. The molecule has 0 unspecified atom stereocenters. The summed E-state index contributed by atoms with van der Waals surface area (Å²) in [5, 5.41) is 0. The van der Waals surface area contributed by atoms with E-state index in [0.29, 0.717) is 0 Å². The van der Waals surface area contributed by atoms with Crippen LogP contribution in [-0.4, -0.2) is 44.2 Å². The van der Waals surface area contributed by atoms with E-state index in [-0.39, 0.29) is 29.6 Å². The summed E-state index contributed by atoms with van der Waals surface area (Å²) in [7, 11) is -4.64. The second-order valence-electron chi connectivity index (χ2n) is 1.67. The van der Waals surface area contributed by atoms with Crippen LogP contribution in [0.1, 0.15) is 0 Å². The van der Waals surface area contributed by atoms with Crippen LogP contribution in [0.25, 0.3) is 0 Å². The molecule has 1 rings (SSSR count). The molecule has 0 fully saturated rings. The molecule has 1 aromatic rings. The summed E-state index contributed by atoms with van der Waals surface area (Å²) in [5.74, 6) is 0. The third-order valence-corrected chi connectivity index (χ3v) is 0.667. The predicted octanol–water partition coefficient (Wildman–Crippen LogP) is 0.109. The van der Waals surface area contributed by atoms with Crippen LogP contribution < -0.4 is 0 Å². The molecule has 4 nitrogen and oxygen atoms in total. The van der Waals surface area contributed by atoms with Crippen LogP contribution in [0.2, 0.25) is 0 Å². The Kier molecular flexibility index (Phi) is 9.83. The van der Waals surface area contributed by atoms with Gasteiger partial charge in [0, 0.05) is 0 Å². The predicted molar refractivity (Wildman–Crippen MR) is 47.9 cm³/mol. The molecule has 0 bridgehead atoms. The molecule has 0 aliphatic heterocycles. The number of hydrogen-bond donors (Lipinski definition) is 3. The zero-order valence-corrected chi connectivity index (χ0v) is 6.56. The van der Waals surface area contributed by atoms with E-state index in [0.717, 1.165) is 0 Å². The first-order valence-electron chi connectivity index (χ1n) is 2.78. The molecule has 0 atom stereocenters. The van der Waals surface area contributed by atoms with Crippen molar-refractivity contribution in [2.24, 2.45) is 0 Å². The number of phosphoric acid groups is 1. The summed E-state index contributed by atoms with van der Waals surface area (Å²) >= 11 is 0. The molecule has 0 amide bonds. The van der Waals surface area contributed by atoms with Crippen LogP contribution in [0.5, 0.6) is 0 Å². The van der Waals surface area contributed by atoms with Gasteiger partial charge in [-0.25, -0.2) is 4.57 Å². The van der Waals surface area contributed by atoms with Crippen molar-refractivity contribution in [1.29, 1.82) is 0 Å². The summed E-state index contributed by atoms with van der Waals surface area (Å²) in [6, 6.07) is 12.0. The van der Waals surface area contributed by atoms with Crippen LogP contribution >= 0.6 is 7.82 Å². The van der Waals surface area contributed by atoms with E-state index >= 15 is 0 Å². The van der Waals surface area contributed by atoms with Gasteiger partial charge in [-0.15, -0.1) is 0 Å². The largest absolute Gasteiger partial charge is 0.0623 e. The first-order valence-corrected chi connectivity index (χ1v) is 4.35. The summed E-state index contributed by atoms with van der Waals surface area (Å²) in [4.78, 5) is 21.6. The van der Waals surface area contributed by atoms with Crippen molar-refractivity contribution in [3.63, 3.8) is 0 Å². The summed E-state index contributed by atoms with van der Waals surface area (Å²) < 4.78 is 8.88. The Morgan fingerprint density at radius 2 is 0.833 bits per heavy atom. The fourth-order valence-electron chi connectivity index (χ4n) is 0.385. The van der Waals surface area contributed by atoms with E-state index < -0.39 is 7.82 Å². The molecular formula is C6H10NaO4P. The molecule has 0 spiro atoms. The third-order valence-electron chi connectivity index (χ3n) is 0.667. The van der Waals surface area contributed by atoms with E-state index in [2.05, 4.69) is 0 Å². The molecular weight excluding hydrogens is 190 g/mol. The van der Waals surface area contributed by atoms with Gasteiger partial charge in [0.2, 0.25) is 0 Å². The van der Waals surface area contributed by atoms with Crippen LogP contribution in [0.3, 0.4) is 0 Å². The van der Waals surface area contributed by atoms with Crippen molar-refractivity contribution in [1.82, 2.24) is 0 Å². The summed E-state index contributed by atoms with van der Waals surface area (Å²) in [5.41, 5.74) is 0. The molecule has 1 aromatic carbocycles. The van der Waals surface area contributed by atoms with Crippen LogP contribution in [-0.2, 0) is 4.57 Å². The maximum absolute atomic E-state index is 8.88. The zero-order valence-electron chi connectivity index (χ0n) is 5.66. The first-order chi connectivity index (χ1) is 5.00. The minimum atomic E-state index is -4.64. The van der Waals surface area contributed by atoms with Crippen LogP contribution in [0, 0.1) is 0 Å². The summed E-state index contributed by atoms with van der Waals surface area (Å²) in [6.07, 6.45) is 0. The van der Waals surface area contributed by atoms with E-state index in [9.17, 15) is 0 Å². The Morgan fingerprint density at radius 1 is 0.750 bits per heavy atom. The molecule has 0 aromatic heterocycles. The van der Waals surface area contributed by atoms with E-state index in [4.69, 9.17) is 19.2 Å². The molecule has 3 N–H and O–H groups in total. The Bertz CT molecular complexity index is 187. The van der Waals surface area contributed by atoms with Gasteiger partial charge in [0.1, 0.15) is 0 Å². The van der Waals surface area contributed by atoms with Crippen molar-refractivity contribution >= 4 is 37.4 Å². The van der Waals surface area contributed by atoms with Gasteiger partial charge in [-0.05, 0) is 0 Å². The van der Waals surface area contributed by atoms with Crippen LogP contribution in [0.15, 0.2) is 36.4 Å². The Balaban J connectivity index is 0. The molecule has 0 saturated heterocycles. The molecule has 0 radical (unpaired) electrons. The third kappa shape index (κ3) is 22.4. The Hall–Kier alpha value is 0.330. The van der Waals surface area contributed by atoms with Crippen molar-refractivity contribution in [3.8, 4) is 0 Å². The van der Waals surface area contributed by atoms with Gasteiger partial charge in [-0.1, -0.05) is 36.4 Å². The number of benzene rings is 1. The van der Waals surface area contributed by atoms with Crippen LogP contribution in [0.4, 0.5) is 0 Å². The maximum atomic E-state index is 8.88. The molecule has 6 heteroatoms.